The molecule has 1 fully saturated rings. The molecule has 2 aromatic rings. The molecule has 1 aliphatic rings. The molecule has 0 aliphatic heterocycles. The summed E-state index contributed by atoms with van der Waals surface area (Å²) in [4.78, 5) is 5.81. The van der Waals surface area contributed by atoms with Crippen LogP contribution in [0.5, 0.6) is 0 Å². The zero-order chi connectivity index (χ0) is 12.6. The van der Waals surface area contributed by atoms with Gasteiger partial charge in [-0.05, 0) is 25.3 Å². The Labute approximate surface area is 112 Å². The van der Waals surface area contributed by atoms with Crippen LogP contribution in [0.25, 0.3) is 4.96 Å². The molecule has 1 atom stereocenters. The van der Waals surface area contributed by atoms with E-state index in [-0.39, 0.29) is 0 Å². The van der Waals surface area contributed by atoms with Gasteiger partial charge in [-0.3, -0.25) is 4.40 Å². The average molecular weight is 263 g/mol. The molecule has 1 saturated carbocycles. The van der Waals surface area contributed by atoms with Crippen molar-refractivity contribution in [3.05, 3.63) is 23.5 Å². The molecule has 0 spiro atoms. The maximum absolute atomic E-state index is 4.70. The number of hydrogen-bond acceptors (Lipinski definition) is 3. The topological polar surface area (TPSA) is 29.3 Å². The Bertz CT molecular complexity index is 493. The second-order valence-corrected chi connectivity index (χ2v) is 6.60. The number of rotatable bonds is 4. The first kappa shape index (κ1) is 12.2. The average Bonchev–Trinajstić information content (AvgIpc) is 3.01. The van der Waals surface area contributed by atoms with Crippen LogP contribution in [-0.2, 0) is 6.42 Å². The molecule has 0 bridgehead atoms. The molecule has 1 unspecified atom stereocenters. The Morgan fingerprint density at radius 2 is 2.28 bits per heavy atom. The molecular weight excluding hydrogens is 242 g/mol. The van der Waals surface area contributed by atoms with E-state index in [9.17, 15) is 0 Å². The van der Waals surface area contributed by atoms with Gasteiger partial charge in [-0.15, -0.1) is 11.3 Å². The van der Waals surface area contributed by atoms with Crippen LogP contribution in [0.15, 0.2) is 17.8 Å². The minimum absolute atomic E-state index is 0.450. The van der Waals surface area contributed by atoms with Crippen molar-refractivity contribution in [1.29, 1.82) is 0 Å². The molecule has 18 heavy (non-hydrogen) atoms. The second kappa shape index (κ2) is 4.67. The first-order chi connectivity index (χ1) is 8.71. The van der Waals surface area contributed by atoms with E-state index in [1.807, 2.05) is 0 Å². The van der Waals surface area contributed by atoms with Crippen molar-refractivity contribution in [1.82, 2.24) is 14.7 Å². The van der Waals surface area contributed by atoms with Gasteiger partial charge in [-0.25, -0.2) is 4.98 Å². The number of imidazole rings is 1. The van der Waals surface area contributed by atoms with Crippen molar-refractivity contribution in [2.24, 2.45) is 5.41 Å². The van der Waals surface area contributed by atoms with Gasteiger partial charge >= 0.3 is 0 Å². The molecule has 1 N–H and O–H groups in total. The van der Waals surface area contributed by atoms with Gasteiger partial charge in [0, 0.05) is 30.2 Å². The van der Waals surface area contributed by atoms with Crippen LogP contribution in [0.4, 0.5) is 0 Å². The van der Waals surface area contributed by atoms with Gasteiger partial charge in [0.2, 0.25) is 0 Å². The maximum Gasteiger partial charge on any atom is 0.193 e. The van der Waals surface area contributed by atoms with Gasteiger partial charge in [0.1, 0.15) is 0 Å². The summed E-state index contributed by atoms with van der Waals surface area (Å²) in [7, 11) is 2.09. The molecule has 3 rings (SSSR count). The minimum atomic E-state index is 0.450. The van der Waals surface area contributed by atoms with E-state index in [1.165, 1.54) is 31.4 Å². The highest BCUT2D eigenvalue weighted by molar-refractivity contribution is 7.15. The molecule has 4 heteroatoms. The molecule has 0 aromatic carbocycles. The van der Waals surface area contributed by atoms with Crippen LogP contribution in [0.2, 0.25) is 0 Å². The SMILES string of the molecule is CNC(Cc1cn2ccsc2n1)C1(C)CCCC1. The predicted octanol–water partition coefficient (Wildman–Crippen LogP) is 3.11. The molecule has 3 nitrogen and oxygen atoms in total. The molecule has 0 saturated heterocycles. The van der Waals surface area contributed by atoms with Crippen molar-refractivity contribution in [2.75, 3.05) is 7.05 Å². The molecule has 2 aromatic heterocycles. The highest BCUT2D eigenvalue weighted by atomic mass is 32.1. The number of aromatic nitrogens is 2. The van der Waals surface area contributed by atoms with E-state index < -0.39 is 0 Å². The Morgan fingerprint density at radius 3 is 2.94 bits per heavy atom. The smallest absolute Gasteiger partial charge is 0.193 e. The summed E-state index contributed by atoms with van der Waals surface area (Å²) in [6.07, 6.45) is 10.8. The Balaban J connectivity index is 1.79. The fraction of sp³-hybridized carbons (Fsp3) is 0.643. The van der Waals surface area contributed by atoms with E-state index in [0.29, 0.717) is 11.5 Å². The first-order valence-corrected chi connectivity index (χ1v) is 7.67. The largest absolute Gasteiger partial charge is 0.316 e. The van der Waals surface area contributed by atoms with Crippen LogP contribution in [0, 0.1) is 5.41 Å². The highest BCUT2D eigenvalue weighted by Gasteiger charge is 2.36. The minimum Gasteiger partial charge on any atom is -0.316 e. The van der Waals surface area contributed by atoms with E-state index in [4.69, 9.17) is 4.98 Å². The quantitative estimate of drug-likeness (QED) is 0.918. The molecular formula is C14H21N3S. The summed E-state index contributed by atoms with van der Waals surface area (Å²) in [5.74, 6) is 0. The molecule has 0 amide bonds. The van der Waals surface area contributed by atoms with Crippen molar-refractivity contribution in [2.45, 2.75) is 45.1 Å². The monoisotopic (exact) mass is 263 g/mol. The standard InChI is InChI=1S/C14H21N3S/c1-14(5-3-4-6-14)12(15-2)9-11-10-17-7-8-18-13(17)16-11/h7-8,10,12,15H,3-6,9H2,1-2H3. The summed E-state index contributed by atoms with van der Waals surface area (Å²) in [5, 5.41) is 5.61. The van der Waals surface area contributed by atoms with Crippen LogP contribution >= 0.6 is 11.3 Å². The summed E-state index contributed by atoms with van der Waals surface area (Å²) in [5.41, 5.74) is 1.67. The Kier molecular flexibility index (Phi) is 3.16. The van der Waals surface area contributed by atoms with Gasteiger partial charge in [0.25, 0.3) is 0 Å². The molecule has 2 heterocycles. The maximum atomic E-state index is 4.70. The highest BCUT2D eigenvalue weighted by Crippen LogP contribution is 2.41. The number of thiazole rings is 1. The lowest BCUT2D eigenvalue weighted by atomic mass is 9.78. The summed E-state index contributed by atoms with van der Waals surface area (Å²) in [6, 6.07) is 0.546. The third kappa shape index (κ3) is 2.08. The third-order valence-electron chi connectivity index (χ3n) is 4.49. The predicted molar refractivity (Wildman–Crippen MR) is 76.2 cm³/mol. The van der Waals surface area contributed by atoms with Crippen molar-refractivity contribution in [3.8, 4) is 0 Å². The van der Waals surface area contributed by atoms with Gasteiger partial charge in [-0.2, -0.15) is 0 Å². The zero-order valence-corrected chi connectivity index (χ0v) is 12.0. The van der Waals surface area contributed by atoms with E-state index in [0.717, 1.165) is 11.4 Å². The number of hydrogen-bond donors (Lipinski definition) is 1. The fourth-order valence-electron chi connectivity index (χ4n) is 3.31. The summed E-state index contributed by atoms with van der Waals surface area (Å²) >= 11 is 1.71. The number of fused-ring (bicyclic) bond motifs is 1. The van der Waals surface area contributed by atoms with Crippen LogP contribution in [-0.4, -0.2) is 22.5 Å². The normalized spacial score (nSPS) is 20.6. The lowest BCUT2D eigenvalue weighted by molar-refractivity contribution is 0.228. The van der Waals surface area contributed by atoms with E-state index in [2.05, 4.69) is 41.5 Å². The van der Waals surface area contributed by atoms with Gasteiger partial charge in [-0.1, -0.05) is 19.8 Å². The van der Waals surface area contributed by atoms with Gasteiger partial charge in [0.15, 0.2) is 4.96 Å². The van der Waals surface area contributed by atoms with E-state index in [1.54, 1.807) is 11.3 Å². The van der Waals surface area contributed by atoms with Crippen LogP contribution in [0.1, 0.15) is 38.3 Å². The Morgan fingerprint density at radius 1 is 1.50 bits per heavy atom. The number of likely N-dealkylation sites (N-methyl/N-ethyl adjacent to an activating group) is 1. The van der Waals surface area contributed by atoms with E-state index >= 15 is 0 Å². The summed E-state index contributed by atoms with van der Waals surface area (Å²) < 4.78 is 2.13. The molecule has 1 aliphatic carbocycles. The van der Waals surface area contributed by atoms with Crippen molar-refractivity contribution >= 4 is 16.3 Å². The molecule has 98 valence electrons. The van der Waals surface area contributed by atoms with Crippen molar-refractivity contribution in [3.63, 3.8) is 0 Å². The van der Waals surface area contributed by atoms with Crippen molar-refractivity contribution < 1.29 is 0 Å². The lowest BCUT2D eigenvalue weighted by Crippen LogP contribution is -2.41. The number of nitrogens with zero attached hydrogens (tertiary/aromatic N) is 2. The fourth-order valence-corrected chi connectivity index (χ4v) is 4.03. The second-order valence-electron chi connectivity index (χ2n) is 5.73. The third-order valence-corrected chi connectivity index (χ3v) is 5.26. The zero-order valence-electron chi connectivity index (χ0n) is 11.1. The summed E-state index contributed by atoms with van der Waals surface area (Å²) in [6.45, 7) is 2.43. The Hall–Kier alpha value is -0.870. The molecule has 0 radical (unpaired) electrons. The van der Waals surface area contributed by atoms with Crippen LogP contribution < -0.4 is 5.32 Å². The van der Waals surface area contributed by atoms with Gasteiger partial charge < -0.3 is 5.32 Å². The number of nitrogens with one attached hydrogen (secondary N) is 1. The van der Waals surface area contributed by atoms with Gasteiger partial charge in [0.05, 0.1) is 5.69 Å². The lowest BCUT2D eigenvalue weighted by Gasteiger charge is -2.33. The first-order valence-electron chi connectivity index (χ1n) is 6.80. The van der Waals surface area contributed by atoms with Crippen LogP contribution in [0.3, 0.4) is 0 Å².